The topological polar surface area (TPSA) is 652 Å². The average molecular weight is 1520 g/mol. The monoisotopic (exact) mass is 1510 g/mol. The lowest BCUT2D eigenvalue weighted by molar-refractivity contribution is -0.143. The molecular formula is C69H102N20O19. The number of amides is 14. The summed E-state index contributed by atoms with van der Waals surface area (Å²) in [5.74, 6) is -15.4. The van der Waals surface area contributed by atoms with Gasteiger partial charge in [0.1, 0.15) is 83.7 Å². The maximum absolute atomic E-state index is 14.9. The number of hydrogen-bond acceptors (Lipinski definition) is 21. The van der Waals surface area contributed by atoms with Crippen molar-refractivity contribution in [3.05, 3.63) is 89.5 Å². The number of hydrogen-bond donors (Lipinski definition) is 24. The number of primary amides is 2. The molecule has 0 spiro atoms. The second kappa shape index (κ2) is 43.5. The van der Waals surface area contributed by atoms with E-state index in [1.807, 2.05) is 0 Å². The molecule has 108 heavy (non-hydrogen) atoms. The number of rotatable bonds is 43. The molecule has 1 aliphatic rings. The number of phenolic OH excluding ortho intramolecular Hbond substituents is 3. The molecule has 0 radical (unpaired) electrons. The zero-order chi connectivity index (χ0) is 80.6. The van der Waals surface area contributed by atoms with Gasteiger partial charge in [-0.15, -0.1) is 0 Å². The number of likely N-dealkylation sites (tertiary alicyclic amines) is 1. The van der Waals surface area contributed by atoms with Crippen LogP contribution in [0.1, 0.15) is 110 Å². The molecule has 4 rings (SSSR count). The molecule has 592 valence electrons. The third-order valence-corrected chi connectivity index (χ3v) is 17.3. The number of aromatic hydroxyl groups is 3. The van der Waals surface area contributed by atoms with Gasteiger partial charge in [0.15, 0.2) is 11.9 Å². The molecule has 0 aliphatic carbocycles. The van der Waals surface area contributed by atoms with E-state index >= 15 is 0 Å². The summed E-state index contributed by atoms with van der Waals surface area (Å²) >= 11 is 0. The van der Waals surface area contributed by atoms with Crippen LogP contribution in [0.2, 0.25) is 0 Å². The molecule has 39 heteroatoms. The van der Waals surface area contributed by atoms with Gasteiger partial charge in [-0.3, -0.25) is 77.9 Å². The van der Waals surface area contributed by atoms with Gasteiger partial charge in [0.05, 0.1) is 25.2 Å². The summed E-state index contributed by atoms with van der Waals surface area (Å²) in [5.41, 5.74) is 23.2. The Morgan fingerprint density at radius 3 is 1.34 bits per heavy atom. The van der Waals surface area contributed by atoms with Crippen LogP contribution in [0, 0.1) is 16.7 Å². The zero-order valence-corrected chi connectivity index (χ0v) is 60.8. The summed E-state index contributed by atoms with van der Waals surface area (Å²) < 4.78 is 0. The fourth-order valence-corrected chi connectivity index (χ4v) is 11.3. The van der Waals surface area contributed by atoms with Crippen molar-refractivity contribution in [2.24, 2.45) is 28.9 Å². The summed E-state index contributed by atoms with van der Waals surface area (Å²) in [5, 5.41) is 98.9. The Morgan fingerprint density at radius 2 is 0.889 bits per heavy atom. The molecule has 14 amide bonds. The van der Waals surface area contributed by atoms with E-state index in [0.717, 1.165) is 18.7 Å². The predicted octanol–water partition coefficient (Wildman–Crippen LogP) is -6.48. The Hall–Kier alpha value is -11.9. The van der Waals surface area contributed by atoms with E-state index in [1.54, 1.807) is 13.8 Å². The van der Waals surface area contributed by atoms with Crippen LogP contribution in [0.3, 0.4) is 0 Å². The Kier molecular flexibility index (Phi) is 35.7. The van der Waals surface area contributed by atoms with E-state index < -0.39 is 186 Å². The van der Waals surface area contributed by atoms with Gasteiger partial charge in [-0.25, -0.2) is 0 Å². The summed E-state index contributed by atoms with van der Waals surface area (Å²) in [7, 11) is 0. The standard InChI is InChI=1S/C69H102N20O19/c1-7-34(2)54(86-61(102)46(12-9-27-77-69(74)75)81-58(99)35(3)79-38(6)92)64(105)85-50(31-41-18-24-44(95)25-19-41)67(108)89-28-10-13-51(89)63(104)88-56(37(5)91)66(107)84-49(32-52(70)96)59(100)78-33-53(97)80-48(30-40-16-22-43(94)23-17-40)62(103)87-55(36(4)90)65(106)82-45(11-8-26-76-68(72)73)60(101)83-47(57(71)98)29-39-14-20-42(93)21-15-39/h14-25,34-37,45-51,54-56,90-91,93-95H,7-13,26-33H2,1-6H3,(H2,70,96)(H2,71,98)(H,78,100)(H,79,92)(H,80,97)(H,81,99)(H,82,106)(H,83,101)(H,84,107)(H,85,105)(H,86,102)(H,87,103)(H,88,104)(H4,72,73,76)(H4,74,75,77)/t34-,35-,36+,37+,45-,46-,47-,48-,49-,50-,51-,54-,55-,56-/m0/s1. The molecule has 3 aromatic carbocycles. The van der Waals surface area contributed by atoms with Crippen LogP contribution in [0.4, 0.5) is 0 Å². The summed E-state index contributed by atoms with van der Waals surface area (Å²) in [6.07, 6.45) is -4.61. The normalized spacial score (nSPS) is 16.0. The van der Waals surface area contributed by atoms with E-state index in [0.29, 0.717) is 23.1 Å². The number of aliphatic hydroxyl groups excluding tert-OH is 2. The second-order valence-corrected chi connectivity index (χ2v) is 26.2. The van der Waals surface area contributed by atoms with Gasteiger partial charge >= 0.3 is 0 Å². The maximum Gasteiger partial charge on any atom is 0.246 e. The molecule has 1 heterocycles. The minimum absolute atomic E-state index is 0.0225. The number of guanidine groups is 2. The molecular weight excluding hydrogens is 1410 g/mol. The van der Waals surface area contributed by atoms with Crippen molar-refractivity contribution in [1.29, 1.82) is 10.8 Å². The SMILES string of the molecule is CC[C@H](C)[C@H](NC(=O)[C@H](CCCNC(=N)N)NC(=O)[C@H](C)NC(C)=O)C(=O)N[C@@H](Cc1ccc(O)cc1)C(=O)N1CCC[C@H]1C(=O)N[C@H](C(=O)N[C@@H](CC(N)=O)C(=O)NCC(=O)N[C@@H](Cc1ccc(O)cc1)C(=O)N[C@H](C(=O)N[C@@H](CCCNC(=N)N)C(=O)N[C@@H](Cc1ccc(O)cc1)C(N)=O)[C@@H](C)O)[C@@H](C)O. The van der Waals surface area contributed by atoms with Crippen molar-refractivity contribution in [3.8, 4) is 17.2 Å². The van der Waals surface area contributed by atoms with Gasteiger partial charge in [-0.1, -0.05) is 56.7 Å². The minimum atomic E-state index is -1.93. The van der Waals surface area contributed by atoms with Crippen LogP contribution in [-0.2, 0) is 86.4 Å². The smallest absolute Gasteiger partial charge is 0.246 e. The molecule has 14 atom stereocenters. The van der Waals surface area contributed by atoms with Crippen LogP contribution < -0.4 is 92.1 Å². The van der Waals surface area contributed by atoms with E-state index in [1.165, 1.54) is 86.6 Å². The Labute approximate surface area is 622 Å². The quantitative estimate of drug-likeness (QED) is 0.0142. The summed E-state index contributed by atoms with van der Waals surface area (Å²) in [4.78, 5) is 193. The van der Waals surface area contributed by atoms with Gasteiger partial charge in [-0.2, -0.15) is 0 Å². The van der Waals surface area contributed by atoms with Crippen LogP contribution >= 0.6 is 0 Å². The number of nitrogens with zero attached hydrogens (tertiary/aromatic N) is 1. The highest BCUT2D eigenvalue weighted by Crippen LogP contribution is 2.23. The third-order valence-electron chi connectivity index (χ3n) is 17.3. The first-order chi connectivity index (χ1) is 50.9. The van der Waals surface area contributed by atoms with Gasteiger partial charge in [-0.05, 0) is 118 Å². The van der Waals surface area contributed by atoms with E-state index in [9.17, 15) is 92.7 Å². The van der Waals surface area contributed by atoms with Gasteiger partial charge in [0.25, 0.3) is 0 Å². The molecule has 39 nitrogen and oxygen atoms in total. The molecule has 0 saturated carbocycles. The number of carbonyl (C=O) groups excluding carboxylic acids is 14. The number of phenols is 3. The van der Waals surface area contributed by atoms with Crippen molar-refractivity contribution in [2.45, 2.75) is 191 Å². The first kappa shape index (κ1) is 88.5. The van der Waals surface area contributed by atoms with Crippen molar-refractivity contribution >= 4 is 94.6 Å². The predicted molar refractivity (Wildman–Crippen MR) is 388 cm³/mol. The highest BCUT2D eigenvalue weighted by atomic mass is 16.3. The van der Waals surface area contributed by atoms with Crippen LogP contribution in [-0.4, -0.2) is 230 Å². The van der Waals surface area contributed by atoms with Crippen LogP contribution in [0.15, 0.2) is 72.8 Å². The molecule has 1 aliphatic heterocycles. The average Bonchev–Trinajstić information content (AvgIpc) is 1.60. The maximum atomic E-state index is 14.9. The number of carbonyl (C=O) groups is 14. The van der Waals surface area contributed by atoms with Crippen LogP contribution in [0.5, 0.6) is 17.2 Å². The minimum Gasteiger partial charge on any atom is -0.508 e. The van der Waals surface area contributed by atoms with Gasteiger partial charge < -0.3 is 122 Å². The molecule has 3 aromatic rings. The Balaban J connectivity index is 1.54. The van der Waals surface area contributed by atoms with E-state index in [-0.39, 0.29) is 101 Å². The number of nitrogens with one attached hydrogen (secondary N) is 15. The molecule has 0 aromatic heterocycles. The first-order valence-electron chi connectivity index (χ1n) is 34.9. The Morgan fingerprint density at radius 1 is 0.481 bits per heavy atom. The lowest BCUT2D eigenvalue weighted by atomic mass is 9.96. The lowest BCUT2D eigenvalue weighted by Gasteiger charge is -2.32. The van der Waals surface area contributed by atoms with Crippen molar-refractivity contribution in [1.82, 2.24) is 74.0 Å². The summed E-state index contributed by atoms with van der Waals surface area (Å²) in [6.45, 7) is 7.28. The number of aliphatic hydroxyl groups is 2. The molecule has 0 unspecified atom stereocenters. The van der Waals surface area contributed by atoms with Gasteiger partial charge in [0, 0.05) is 45.8 Å². The Bertz CT molecular complexity index is 3660. The fourth-order valence-electron chi connectivity index (χ4n) is 11.3. The number of benzene rings is 3. The molecule has 1 saturated heterocycles. The van der Waals surface area contributed by atoms with Crippen LogP contribution in [0.25, 0.3) is 0 Å². The highest BCUT2D eigenvalue weighted by molar-refractivity contribution is 6.00. The first-order valence-corrected chi connectivity index (χ1v) is 34.9. The van der Waals surface area contributed by atoms with Gasteiger partial charge in [0.2, 0.25) is 82.7 Å². The summed E-state index contributed by atoms with van der Waals surface area (Å²) in [6, 6.07) is -0.221. The van der Waals surface area contributed by atoms with E-state index in [4.69, 9.17) is 33.8 Å². The third kappa shape index (κ3) is 29.9. The molecule has 1 fully saturated rings. The lowest BCUT2D eigenvalue weighted by Crippen LogP contribution is -2.62. The molecule has 0 bridgehead atoms. The van der Waals surface area contributed by atoms with Crippen molar-refractivity contribution in [2.75, 3.05) is 26.2 Å². The van der Waals surface area contributed by atoms with E-state index in [2.05, 4.69) is 69.1 Å². The number of nitrogens with two attached hydrogens (primary N) is 4. The highest BCUT2D eigenvalue weighted by Gasteiger charge is 2.42. The fraction of sp³-hybridized carbons (Fsp3) is 0.507. The second-order valence-electron chi connectivity index (χ2n) is 26.2. The van der Waals surface area contributed by atoms with Crippen molar-refractivity contribution < 1.29 is 92.7 Å². The zero-order valence-electron chi connectivity index (χ0n) is 60.8. The van der Waals surface area contributed by atoms with Crippen molar-refractivity contribution in [3.63, 3.8) is 0 Å². The molecule has 28 N–H and O–H groups in total. The largest absolute Gasteiger partial charge is 0.508 e.